The topological polar surface area (TPSA) is 41.1 Å². The minimum Gasteiger partial charge on any atom is -0.352 e. The van der Waals surface area contributed by atoms with Gasteiger partial charge in [0.25, 0.3) is 5.91 Å². The lowest BCUT2D eigenvalue weighted by Crippen LogP contribution is -2.38. The summed E-state index contributed by atoms with van der Waals surface area (Å²) in [7, 11) is 0. The van der Waals surface area contributed by atoms with Gasteiger partial charge < -0.3 is 10.6 Å². The number of amides is 1. The van der Waals surface area contributed by atoms with Crippen molar-refractivity contribution in [3.63, 3.8) is 0 Å². The van der Waals surface area contributed by atoms with Crippen LogP contribution in [0.15, 0.2) is 24.3 Å². The zero-order valence-corrected chi connectivity index (χ0v) is 11.0. The van der Waals surface area contributed by atoms with Gasteiger partial charge in [-0.15, -0.1) is 0 Å². The molecule has 1 unspecified atom stereocenters. The molecule has 1 heterocycles. The number of carbonyl (C=O) groups excluding carboxylic acids is 1. The van der Waals surface area contributed by atoms with Gasteiger partial charge in [-0.3, -0.25) is 4.79 Å². The molecule has 0 bridgehead atoms. The quantitative estimate of drug-likeness (QED) is 0.896. The van der Waals surface area contributed by atoms with Gasteiger partial charge in [0.2, 0.25) is 0 Å². The van der Waals surface area contributed by atoms with E-state index in [1.807, 2.05) is 0 Å². The summed E-state index contributed by atoms with van der Waals surface area (Å²) < 4.78 is 38.4. The van der Waals surface area contributed by atoms with Crippen LogP contribution in [0.3, 0.4) is 0 Å². The third-order valence-electron chi connectivity index (χ3n) is 3.43. The van der Waals surface area contributed by atoms with Crippen LogP contribution in [0.1, 0.15) is 28.8 Å². The minimum absolute atomic E-state index is 0.283. The lowest BCUT2D eigenvalue weighted by atomic mass is 9.99. The largest absolute Gasteiger partial charge is 0.417 e. The Hall–Kier alpha value is -1.56. The maximum atomic E-state index is 12.8. The second-order valence-electron chi connectivity index (χ2n) is 4.97. The number of piperidine rings is 1. The number of hydrogen-bond donors (Lipinski definition) is 2. The number of nitrogens with one attached hydrogen (secondary N) is 2. The Kier molecular flexibility index (Phi) is 4.65. The number of benzene rings is 1. The van der Waals surface area contributed by atoms with Crippen molar-refractivity contribution in [2.45, 2.75) is 19.0 Å². The van der Waals surface area contributed by atoms with Gasteiger partial charge in [-0.1, -0.05) is 12.1 Å². The van der Waals surface area contributed by atoms with Crippen molar-refractivity contribution >= 4 is 5.91 Å². The third kappa shape index (κ3) is 3.72. The van der Waals surface area contributed by atoms with Crippen LogP contribution in [0.25, 0.3) is 0 Å². The van der Waals surface area contributed by atoms with Crippen LogP contribution in [0, 0.1) is 5.92 Å². The van der Waals surface area contributed by atoms with E-state index in [-0.39, 0.29) is 11.5 Å². The highest BCUT2D eigenvalue weighted by atomic mass is 19.4. The molecule has 1 amide bonds. The number of hydrogen-bond acceptors (Lipinski definition) is 2. The maximum absolute atomic E-state index is 12.8. The summed E-state index contributed by atoms with van der Waals surface area (Å²) >= 11 is 0. The van der Waals surface area contributed by atoms with E-state index in [2.05, 4.69) is 10.6 Å². The summed E-state index contributed by atoms with van der Waals surface area (Å²) in [6.07, 6.45) is -2.51. The summed E-state index contributed by atoms with van der Waals surface area (Å²) in [4.78, 5) is 11.9. The molecule has 0 saturated carbocycles. The summed E-state index contributed by atoms with van der Waals surface area (Å²) in [5.41, 5.74) is -1.21. The van der Waals surface area contributed by atoms with E-state index in [1.165, 1.54) is 18.2 Å². The van der Waals surface area contributed by atoms with Gasteiger partial charge in [-0.05, 0) is 44.0 Å². The second-order valence-corrected chi connectivity index (χ2v) is 4.97. The van der Waals surface area contributed by atoms with Crippen molar-refractivity contribution in [2.24, 2.45) is 5.92 Å². The molecule has 3 nitrogen and oxygen atoms in total. The first-order valence-electron chi connectivity index (χ1n) is 6.63. The molecule has 20 heavy (non-hydrogen) atoms. The van der Waals surface area contributed by atoms with Crippen LogP contribution < -0.4 is 10.6 Å². The normalized spacial score (nSPS) is 19.6. The number of carbonyl (C=O) groups is 1. The molecule has 0 aromatic heterocycles. The highest BCUT2D eigenvalue weighted by Gasteiger charge is 2.34. The highest BCUT2D eigenvalue weighted by molar-refractivity contribution is 5.95. The third-order valence-corrected chi connectivity index (χ3v) is 3.43. The van der Waals surface area contributed by atoms with Crippen molar-refractivity contribution in [1.82, 2.24) is 10.6 Å². The molecule has 6 heteroatoms. The van der Waals surface area contributed by atoms with Crippen molar-refractivity contribution in [2.75, 3.05) is 19.6 Å². The second kappa shape index (κ2) is 6.26. The first-order valence-corrected chi connectivity index (χ1v) is 6.63. The Labute approximate surface area is 115 Å². The molecule has 2 rings (SSSR count). The molecule has 0 spiro atoms. The molecule has 1 aliphatic heterocycles. The molecule has 1 atom stereocenters. The lowest BCUT2D eigenvalue weighted by Gasteiger charge is -2.23. The monoisotopic (exact) mass is 286 g/mol. The Morgan fingerprint density at radius 2 is 2.10 bits per heavy atom. The van der Waals surface area contributed by atoms with Crippen LogP contribution in [0.2, 0.25) is 0 Å². The summed E-state index contributed by atoms with van der Waals surface area (Å²) in [5, 5.41) is 5.80. The Balaban J connectivity index is 2.02. The van der Waals surface area contributed by atoms with Crippen LogP contribution in [0.5, 0.6) is 0 Å². The highest BCUT2D eigenvalue weighted by Crippen LogP contribution is 2.31. The Morgan fingerprint density at radius 1 is 1.35 bits per heavy atom. The van der Waals surface area contributed by atoms with E-state index >= 15 is 0 Å². The Morgan fingerprint density at radius 3 is 2.75 bits per heavy atom. The predicted octanol–water partition coefficient (Wildman–Crippen LogP) is 2.43. The van der Waals surface area contributed by atoms with Crippen molar-refractivity contribution in [3.05, 3.63) is 35.4 Å². The first-order chi connectivity index (χ1) is 9.48. The molecule has 2 N–H and O–H groups in total. The first kappa shape index (κ1) is 14.8. The van der Waals surface area contributed by atoms with E-state index < -0.39 is 17.6 Å². The molecule has 1 aliphatic rings. The van der Waals surface area contributed by atoms with E-state index in [1.54, 1.807) is 0 Å². The molecular formula is C14H17F3N2O. The molecule has 1 saturated heterocycles. The van der Waals surface area contributed by atoms with Gasteiger partial charge in [0.1, 0.15) is 0 Å². The van der Waals surface area contributed by atoms with Crippen molar-refractivity contribution in [1.29, 1.82) is 0 Å². The molecule has 1 fully saturated rings. The zero-order chi connectivity index (χ0) is 14.6. The summed E-state index contributed by atoms with van der Waals surface area (Å²) in [6.45, 7) is 2.15. The van der Waals surface area contributed by atoms with Crippen LogP contribution in [-0.2, 0) is 6.18 Å². The average molecular weight is 286 g/mol. The van der Waals surface area contributed by atoms with Crippen LogP contribution >= 0.6 is 0 Å². The van der Waals surface area contributed by atoms with E-state index in [9.17, 15) is 18.0 Å². The number of alkyl halides is 3. The van der Waals surface area contributed by atoms with Gasteiger partial charge in [-0.2, -0.15) is 13.2 Å². The van der Waals surface area contributed by atoms with Crippen molar-refractivity contribution < 1.29 is 18.0 Å². The fraction of sp³-hybridized carbons (Fsp3) is 0.500. The Bertz CT molecular complexity index is 468. The van der Waals surface area contributed by atoms with Crippen LogP contribution in [-0.4, -0.2) is 25.5 Å². The molecule has 1 aromatic carbocycles. The van der Waals surface area contributed by atoms with Gasteiger partial charge in [0, 0.05) is 6.54 Å². The average Bonchev–Trinajstić information content (AvgIpc) is 2.45. The fourth-order valence-electron chi connectivity index (χ4n) is 2.36. The molecular weight excluding hydrogens is 269 g/mol. The predicted molar refractivity (Wildman–Crippen MR) is 69.4 cm³/mol. The number of rotatable bonds is 3. The number of halogens is 3. The van der Waals surface area contributed by atoms with Gasteiger partial charge >= 0.3 is 6.18 Å². The summed E-state index contributed by atoms with van der Waals surface area (Å²) in [6, 6.07) is 4.85. The van der Waals surface area contributed by atoms with E-state index in [0.717, 1.165) is 32.0 Å². The zero-order valence-electron chi connectivity index (χ0n) is 11.0. The van der Waals surface area contributed by atoms with Crippen molar-refractivity contribution in [3.8, 4) is 0 Å². The molecule has 0 radical (unpaired) electrons. The molecule has 110 valence electrons. The molecule has 1 aromatic rings. The standard InChI is InChI=1S/C14H17F3N2O/c15-14(16,17)12-6-2-1-5-11(12)13(20)19-9-10-4-3-7-18-8-10/h1-2,5-6,10,18H,3-4,7-9H2,(H,19,20). The smallest absolute Gasteiger partial charge is 0.352 e. The maximum Gasteiger partial charge on any atom is 0.417 e. The SMILES string of the molecule is O=C(NCC1CCCNC1)c1ccccc1C(F)(F)F. The lowest BCUT2D eigenvalue weighted by molar-refractivity contribution is -0.137. The fourth-order valence-corrected chi connectivity index (χ4v) is 2.36. The van der Waals surface area contributed by atoms with Gasteiger partial charge in [-0.25, -0.2) is 0 Å². The van der Waals surface area contributed by atoms with Gasteiger partial charge in [0.05, 0.1) is 11.1 Å². The van der Waals surface area contributed by atoms with Crippen LogP contribution in [0.4, 0.5) is 13.2 Å². The van der Waals surface area contributed by atoms with Gasteiger partial charge in [0.15, 0.2) is 0 Å². The van der Waals surface area contributed by atoms with E-state index in [4.69, 9.17) is 0 Å². The minimum atomic E-state index is -4.51. The molecule has 0 aliphatic carbocycles. The van der Waals surface area contributed by atoms with E-state index in [0.29, 0.717) is 6.54 Å². The summed E-state index contributed by atoms with van der Waals surface area (Å²) in [5.74, 6) is -0.380.